The first-order chi connectivity index (χ1) is 11.4. The van der Waals surface area contributed by atoms with E-state index in [1.807, 2.05) is 0 Å². The summed E-state index contributed by atoms with van der Waals surface area (Å²) in [5.74, 6) is 1.000. The lowest BCUT2D eigenvalue weighted by Gasteiger charge is -2.21. The summed E-state index contributed by atoms with van der Waals surface area (Å²) in [6, 6.07) is 6.61. The molecular formula is C17H26N2O4S. The van der Waals surface area contributed by atoms with E-state index in [-0.39, 0.29) is 12.5 Å². The molecular weight excluding hydrogens is 328 g/mol. The van der Waals surface area contributed by atoms with Crippen LogP contribution in [-0.2, 0) is 14.8 Å². The van der Waals surface area contributed by atoms with Crippen LogP contribution < -0.4 is 14.4 Å². The van der Waals surface area contributed by atoms with E-state index in [0.717, 1.165) is 12.8 Å². The molecule has 24 heavy (non-hydrogen) atoms. The Bertz CT molecular complexity index is 637. The van der Waals surface area contributed by atoms with Crippen LogP contribution in [0.25, 0.3) is 0 Å². The van der Waals surface area contributed by atoms with Gasteiger partial charge < -0.3 is 10.1 Å². The highest BCUT2D eigenvalue weighted by Crippen LogP contribution is 2.23. The topological polar surface area (TPSA) is 75.7 Å². The lowest BCUT2D eigenvalue weighted by molar-refractivity contribution is -0.123. The van der Waals surface area contributed by atoms with Gasteiger partial charge in [0.05, 0.1) is 11.9 Å². The Morgan fingerprint density at radius 2 is 1.83 bits per heavy atom. The number of sulfonamides is 1. The standard InChI is InChI=1S/C17H26N2O4S/c1-19(24(2,21)22)15-8-10-16(11-9-15)23-13-17(20)18-12-14-6-4-3-5-7-14/h8-11,14H,3-7,12-13H2,1-2H3,(H,18,20). The molecule has 7 heteroatoms. The molecule has 1 aliphatic rings. The van der Waals surface area contributed by atoms with E-state index >= 15 is 0 Å². The highest BCUT2D eigenvalue weighted by molar-refractivity contribution is 7.92. The Morgan fingerprint density at radius 3 is 2.42 bits per heavy atom. The van der Waals surface area contributed by atoms with E-state index in [9.17, 15) is 13.2 Å². The number of benzene rings is 1. The molecule has 2 rings (SSSR count). The van der Waals surface area contributed by atoms with Crippen molar-refractivity contribution in [2.75, 3.05) is 30.8 Å². The van der Waals surface area contributed by atoms with Crippen LogP contribution in [0.2, 0.25) is 0 Å². The van der Waals surface area contributed by atoms with Gasteiger partial charge in [0.15, 0.2) is 6.61 Å². The van der Waals surface area contributed by atoms with Gasteiger partial charge in [-0.25, -0.2) is 8.42 Å². The number of nitrogens with zero attached hydrogens (tertiary/aromatic N) is 1. The maximum absolute atomic E-state index is 11.8. The molecule has 1 saturated carbocycles. The van der Waals surface area contributed by atoms with Gasteiger partial charge in [0.2, 0.25) is 10.0 Å². The third-order valence-electron chi connectivity index (χ3n) is 4.38. The highest BCUT2D eigenvalue weighted by Gasteiger charge is 2.15. The van der Waals surface area contributed by atoms with Gasteiger partial charge in [-0.3, -0.25) is 9.10 Å². The molecule has 1 aliphatic carbocycles. The SMILES string of the molecule is CN(c1ccc(OCC(=O)NCC2CCCCC2)cc1)S(C)(=O)=O. The van der Waals surface area contributed by atoms with Crippen molar-refractivity contribution in [2.24, 2.45) is 5.92 Å². The minimum atomic E-state index is -3.28. The molecule has 1 fully saturated rings. The molecule has 0 aliphatic heterocycles. The van der Waals surface area contributed by atoms with Crippen molar-refractivity contribution in [1.29, 1.82) is 0 Å². The summed E-state index contributed by atoms with van der Waals surface area (Å²) in [6.45, 7) is 0.689. The summed E-state index contributed by atoms with van der Waals surface area (Å²) < 4.78 is 29.6. The van der Waals surface area contributed by atoms with Crippen molar-refractivity contribution in [1.82, 2.24) is 5.32 Å². The number of carbonyl (C=O) groups excluding carboxylic acids is 1. The number of amides is 1. The molecule has 0 atom stereocenters. The van der Waals surface area contributed by atoms with Gasteiger partial charge in [0.1, 0.15) is 5.75 Å². The Hall–Kier alpha value is -1.76. The van der Waals surface area contributed by atoms with Crippen molar-refractivity contribution in [3.63, 3.8) is 0 Å². The van der Waals surface area contributed by atoms with E-state index in [2.05, 4.69) is 5.32 Å². The number of ether oxygens (including phenoxy) is 1. The van der Waals surface area contributed by atoms with Gasteiger partial charge in [0, 0.05) is 13.6 Å². The number of nitrogens with one attached hydrogen (secondary N) is 1. The molecule has 0 bridgehead atoms. The van der Waals surface area contributed by atoms with Gasteiger partial charge >= 0.3 is 0 Å². The smallest absolute Gasteiger partial charge is 0.257 e. The molecule has 0 heterocycles. The number of hydrogen-bond donors (Lipinski definition) is 1. The van der Waals surface area contributed by atoms with Crippen LogP contribution >= 0.6 is 0 Å². The highest BCUT2D eigenvalue weighted by atomic mass is 32.2. The number of anilines is 1. The first-order valence-electron chi connectivity index (χ1n) is 8.30. The molecule has 1 aromatic rings. The summed E-state index contributed by atoms with van der Waals surface area (Å²) in [7, 11) is -1.79. The Morgan fingerprint density at radius 1 is 1.21 bits per heavy atom. The molecule has 0 radical (unpaired) electrons. The molecule has 1 aromatic carbocycles. The quantitative estimate of drug-likeness (QED) is 0.814. The van der Waals surface area contributed by atoms with Gasteiger partial charge in [-0.2, -0.15) is 0 Å². The van der Waals surface area contributed by atoms with Gasteiger partial charge in [-0.1, -0.05) is 19.3 Å². The Kier molecular flexibility index (Phi) is 6.48. The summed E-state index contributed by atoms with van der Waals surface area (Å²) >= 11 is 0. The number of rotatable bonds is 7. The zero-order chi connectivity index (χ0) is 17.6. The second kappa shape index (κ2) is 8.37. The van der Waals surface area contributed by atoms with Crippen LogP contribution in [-0.4, -0.2) is 40.8 Å². The second-order valence-corrected chi connectivity index (χ2v) is 8.33. The molecule has 0 aromatic heterocycles. The molecule has 0 saturated heterocycles. The van der Waals surface area contributed by atoms with Crippen LogP contribution in [0.15, 0.2) is 24.3 Å². The van der Waals surface area contributed by atoms with Crippen LogP contribution in [0.3, 0.4) is 0 Å². The fourth-order valence-electron chi connectivity index (χ4n) is 2.79. The minimum Gasteiger partial charge on any atom is -0.484 e. The van der Waals surface area contributed by atoms with E-state index in [0.29, 0.717) is 17.4 Å². The van der Waals surface area contributed by atoms with Crippen molar-refractivity contribution < 1.29 is 17.9 Å². The van der Waals surface area contributed by atoms with Crippen LogP contribution in [0.1, 0.15) is 32.1 Å². The first-order valence-corrected chi connectivity index (χ1v) is 10.1. The lowest BCUT2D eigenvalue weighted by Crippen LogP contribution is -2.33. The van der Waals surface area contributed by atoms with Crippen molar-refractivity contribution >= 4 is 21.6 Å². The molecule has 1 N–H and O–H groups in total. The molecule has 6 nitrogen and oxygen atoms in total. The predicted molar refractivity (Wildman–Crippen MR) is 94.8 cm³/mol. The van der Waals surface area contributed by atoms with E-state index < -0.39 is 10.0 Å². The van der Waals surface area contributed by atoms with Crippen LogP contribution in [0, 0.1) is 5.92 Å². The normalized spacial score (nSPS) is 15.8. The Balaban J connectivity index is 1.76. The fraction of sp³-hybridized carbons (Fsp3) is 0.588. The fourth-order valence-corrected chi connectivity index (χ4v) is 3.30. The summed E-state index contributed by atoms with van der Waals surface area (Å²) in [5, 5.41) is 2.92. The van der Waals surface area contributed by atoms with Crippen molar-refractivity contribution in [3.05, 3.63) is 24.3 Å². The van der Waals surface area contributed by atoms with Crippen molar-refractivity contribution in [3.8, 4) is 5.75 Å². The zero-order valence-corrected chi connectivity index (χ0v) is 15.1. The second-order valence-electron chi connectivity index (χ2n) is 6.32. The summed E-state index contributed by atoms with van der Waals surface area (Å²) in [4.78, 5) is 11.8. The minimum absolute atomic E-state index is 0.0337. The molecule has 134 valence electrons. The Labute approximate surface area is 144 Å². The largest absolute Gasteiger partial charge is 0.484 e. The van der Waals surface area contributed by atoms with Gasteiger partial charge in [-0.05, 0) is 43.0 Å². The maximum atomic E-state index is 11.8. The monoisotopic (exact) mass is 354 g/mol. The maximum Gasteiger partial charge on any atom is 0.257 e. The van der Waals surface area contributed by atoms with Crippen molar-refractivity contribution in [2.45, 2.75) is 32.1 Å². The third-order valence-corrected chi connectivity index (χ3v) is 5.59. The van der Waals surface area contributed by atoms with Gasteiger partial charge in [0.25, 0.3) is 5.91 Å². The van der Waals surface area contributed by atoms with E-state index in [1.54, 1.807) is 24.3 Å². The molecule has 0 unspecified atom stereocenters. The average Bonchev–Trinajstić information content (AvgIpc) is 2.58. The zero-order valence-electron chi connectivity index (χ0n) is 14.3. The van der Waals surface area contributed by atoms with Gasteiger partial charge in [-0.15, -0.1) is 0 Å². The number of carbonyl (C=O) groups is 1. The molecule has 0 spiro atoms. The molecule has 1 amide bonds. The first kappa shape index (κ1) is 18.6. The van der Waals surface area contributed by atoms with E-state index in [4.69, 9.17) is 4.74 Å². The average molecular weight is 354 g/mol. The third kappa shape index (κ3) is 5.70. The lowest BCUT2D eigenvalue weighted by atomic mass is 9.89. The van der Waals surface area contributed by atoms with Crippen LogP contribution in [0.4, 0.5) is 5.69 Å². The summed E-state index contributed by atoms with van der Waals surface area (Å²) in [5.41, 5.74) is 0.548. The van der Waals surface area contributed by atoms with E-state index in [1.165, 1.54) is 43.5 Å². The predicted octanol–water partition coefficient (Wildman–Crippen LogP) is 2.16. The van der Waals surface area contributed by atoms with Crippen LogP contribution in [0.5, 0.6) is 5.75 Å². The number of hydrogen-bond acceptors (Lipinski definition) is 4. The summed E-state index contributed by atoms with van der Waals surface area (Å²) in [6.07, 6.45) is 7.34.